The highest BCUT2D eigenvalue weighted by atomic mass is 16.5. The first-order chi connectivity index (χ1) is 8.61. The van der Waals surface area contributed by atoms with Gasteiger partial charge in [0.15, 0.2) is 0 Å². The standard InChI is InChI=1S/C15H23NO2/c1-11-5-4-6-12(2)16(11)10-13-7-8-14(18-3)9-15(13)17/h7-9,11-12,17H,4-6,10H2,1-3H3. The molecule has 1 aromatic carbocycles. The fraction of sp³-hybridized carbons (Fsp3) is 0.600. The van der Waals surface area contributed by atoms with Gasteiger partial charge < -0.3 is 9.84 Å². The van der Waals surface area contributed by atoms with Crippen molar-refractivity contribution in [2.75, 3.05) is 7.11 Å². The van der Waals surface area contributed by atoms with Crippen molar-refractivity contribution in [1.29, 1.82) is 0 Å². The lowest BCUT2D eigenvalue weighted by Gasteiger charge is -2.39. The number of aromatic hydroxyl groups is 1. The third-order valence-electron chi connectivity index (χ3n) is 4.02. The third-order valence-corrected chi connectivity index (χ3v) is 4.02. The maximum Gasteiger partial charge on any atom is 0.123 e. The highest BCUT2D eigenvalue weighted by molar-refractivity contribution is 5.39. The van der Waals surface area contributed by atoms with Gasteiger partial charge in [-0.2, -0.15) is 0 Å². The Kier molecular flexibility index (Phi) is 4.12. The summed E-state index contributed by atoms with van der Waals surface area (Å²) in [4.78, 5) is 2.48. The molecule has 0 bridgehead atoms. The van der Waals surface area contributed by atoms with Crippen LogP contribution in [0.3, 0.4) is 0 Å². The molecule has 0 aromatic heterocycles. The molecule has 1 aliphatic rings. The van der Waals surface area contributed by atoms with E-state index in [1.807, 2.05) is 12.1 Å². The number of nitrogens with zero attached hydrogens (tertiary/aromatic N) is 1. The van der Waals surface area contributed by atoms with E-state index >= 15 is 0 Å². The van der Waals surface area contributed by atoms with Crippen LogP contribution in [0.2, 0.25) is 0 Å². The topological polar surface area (TPSA) is 32.7 Å². The van der Waals surface area contributed by atoms with Crippen LogP contribution in [-0.4, -0.2) is 29.2 Å². The van der Waals surface area contributed by atoms with Crippen LogP contribution >= 0.6 is 0 Å². The van der Waals surface area contributed by atoms with Crippen molar-refractivity contribution in [3.05, 3.63) is 23.8 Å². The summed E-state index contributed by atoms with van der Waals surface area (Å²) in [5.41, 5.74) is 0.983. The number of phenolic OH excluding ortho intramolecular Hbond substituents is 1. The molecule has 1 fully saturated rings. The summed E-state index contributed by atoms with van der Waals surface area (Å²) < 4.78 is 5.11. The summed E-state index contributed by atoms with van der Waals surface area (Å²) in [6.07, 6.45) is 3.82. The number of methoxy groups -OCH3 is 1. The number of hydrogen-bond acceptors (Lipinski definition) is 3. The molecule has 2 unspecified atom stereocenters. The van der Waals surface area contributed by atoms with Crippen molar-refractivity contribution in [2.24, 2.45) is 0 Å². The SMILES string of the molecule is COc1ccc(CN2C(C)CCCC2C)c(O)c1. The molecule has 1 aliphatic heterocycles. The molecule has 1 heterocycles. The van der Waals surface area contributed by atoms with E-state index in [-0.39, 0.29) is 0 Å². The molecule has 1 aromatic rings. The van der Waals surface area contributed by atoms with E-state index in [1.165, 1.54) is 19.3 Å². The summed E-state index contributed by atoms with van der Waals surface area (Å²) in [5, 5.41) is 10.0. The maximum absolute atomic E-state index is 10.0. The first kappa shape index (κ1) is 13.2. The monoisotopic (exact) mass is 249 g/mol. The number of benzene rings is 1. The second kappa shape index (κ2) is 5.61. The van der Waals surface area contributed by atoms with Crippen LogP contribution in [-0.2, 0) is 6.54 Å². The van der Waals surface area contributed by atoms with E-state index in [2.05, 4.69) is 18.7 Å². The lowest BCUT2D eigenvalue weighted by atomic mass is 9.96. The maximum atomic E-state index is 10.0. The highest BCUT2D eigenvalue weighted by Gasteiger charge is 2.25. The van der Waals surface area contributed by atoms with Crippen LogP contribution < -0.4 is 4.74 Å². The summed E-state index contributed by atoms with van der Waals surface area (Å²) in [5.74, 6) is 1.04. The second-order valence-corrected chi connectivity index (χ2v) is 5.30. The number of phenols is 1. The van der Waals surface area contributed by atoms with E-state index in [9.17, 15) is 5.11 Å². The zero-order valence-electron chi connectivity index (χ0n) is 11.5. The van der Waals surface area contributed by atoms with E-state index in [0.29, 0.717) is 23.6 Å². The Balaban J connectivity index is 2.12. The Bertz CT molecular complexity index is 395. The van der Waals surface area contributed by atoms with Crippen molar-refractivity contribution in [2.45, 2.75) is 51.7 Å². The summed E-state index contributed by atoms with van der Waals surface area (Å²) in [6.45, 7) is 5.37. The Morgan fingerprint density at radius 2 is 1.94 bits per heavy atom. The van der Waals surface area contributed by atoms with Gasteiger partial charge in [0.25, 0.3) is 0 Å². The molecular formula is C15H23NO2. The molecule has 1 saturated heterocycles. The van der Waals surface area contributed by atoms with Crippen molar-refractivity contribution in [1.82, 2.24) is 4.90 Å². The van der Waals surface area contributed by atoms with Crippen LogP contribution in [0.25, 0.3) is 0 Å². The minimum Gasteiger partial charge on any atom is -0.507 e. The van der Waals surface area contributed by atoms with E-state index in [4.69, 9.17) is 4.74 Å². The number of hydrogen-bond donors (Lipinski definition) is 1. The molecule has 0 saturated carbocycles. The van der Waals surface area contributed by atoms with Crippen LogP contribution in [0.15, 0.2) is 18.2 Å². The van der Waals surface area contributed by atoms with Crippen LogP contribution in [0.1, 0.15) is 38.7 Å². The quantitative estimate of drug-likeness (QED) is 0.893. The molecular weight excluding hydrogens is 226 g/mol. The van der Waals surface area contributed by atoms with Crippen molar-refractivity contribution in [3.63, 3.8) is 0 Å². The van der Waals surface area contributed by atoms with Gasteiger partial charge in [-0.3, -0.25) is 4.90 Å². The van der Waals surface area contributed by atoms with Gasteiger partial charge in [-0.15, -0.1) is 0 Å². The number of rotatable bonds is 3. The minimum atomic E-state index is 0.333. The summed E-state index contributed by atoms with van der Waals surface area (Å²) in [6, 6.07) is 6.75. The molecule has 0 aliphatic carbocycles. The lowest BCUT2D eigenvalue weighted by molar-refractivity contribution is 0.0943. The number of ether oxygens (including phenoxy) is 1. The van der Waals surface area contributed by atoms with Gasteiger partial charge in [0.05, 0.1) is 7.11 Å². The lowest BCUT2D eigenvalue weighted by Crippen LogP contribution is -2.42. The molecule has 0 radical (unpaired) electrons. The Labute approximate surface area is 109 Å². The summed E-state index contributed by atoms with van der Waals surface area (Å²) >= 11 is 0. The van der Waals surface area contributed by atoms with Gasteiger partial charge >= 0.3 is 0 Å². The molecule has 1 N–H and O–H groups in total. The number of piperidine rings is 1. The van der Waals surface area contributed by atoms with Crippen molar-refractivity contribution < 1.29 is 9.84 Å². The van der Waals surface area contributed by atoms with Gasteiger partial charge in [0.1, 0.15) is 11.5 Å². The van der Waals surface area contributed by atoms with E-state index in [0.717, 1.165) is 12.1 Å². The normalized spacial score (nSPS) is 25.1. The van der Waals surface area contributed by atoms with Gasteiger partial charge in [-0.25, -0.2) is 0 Å². The first-order valence-electron chi connectivity index (χ1n) is 6.73. The molecule has 2 atom stereocenters. The van der Waals surface area contributed by atoms with E-state index in [1.54, 1.807) is 13.2 Å². The smallest absolute Gasteiger partial charge is 0.123 e. The predicted molar refractivity (Wildman–Crippen MR) is 73.0 cm³/mol. The predicted octanol–water partition coefficient (Wildman–Crippen LogP) is 3.16. The molecule has 18 heavy (non-hydrogen) atoms. The van der Waals surface area contributed by atoms with Crippen LogP contribution in [0, 0.1) is 0 Å². The molecule has 2 rings (SSSR count). The fourth-order valence-corrected chi connectivity index (χ4v) is 2.79. The Morgan fingerprint density at radius 3 is 2.50 bits per heavy atom. The highest BCUT2D eigenvalue weighted by Crippen LogP contribution is 2.29. The van der Waals surface area contributed by atoms with Gasteiger partial charge in [-0.1, -0.05) is 12.5 Å². The average Bonchev–Trinajstić information content (AvgIpc) is 2.35. The zero-order chi connectivity index (χ0) is 13.1. The minimum absolute atomic E-state index is 0.333. The van der Waals surface area contributed by atoms with Crippen LogP contribution in [0.5, 0.6) is 11.5 Å². The molecule has 0 spiro atoms. The fourth-order valence-electron chi connectivity index (χ4n) is 2.79. The van der Waals surface area contributed by atoms with E-state index < -0.39 is 0 Å². The summed E-state index contributed by atoms with van der Waals surface area (Å²) in [7, 11) is 1.61. The third kappa shape index (κ3) is 2.78. The average molecular weight is 249 g/mol. The Morgan fingerprint density at radius 1 is 1.28 bits per heavy atom. The Hall–Kier alpha value is -1.22. The van der Waals surface area contributed by atoms with Gasteiger partial charge in [0.2, 0.25) is 0 Å². The van der Waals surface area contributed by atoms with Crippen molar-refractivity contribution in [3.8, 4) is 11.5 Å². The first-order valence-corrected chi connectivity index (χ1v) is 6.73. The zero-order valence-corrected chi connectivity index (χ0v) is 11.5. The molecule has 0 amide bonds. The number of likely N-dealkylation sites (tertiary alicyclic amines) is 1. The van der Waals surface area contributed by atoms with Gasteiger partial charge in [-0.05, 0) is 32.8 Å². The van der Waals surface area contributed by atoms with Gasteiger partial charge in [0, 0.05) is 30.3 Å². The molecule has 100 valence electrons. The van der Waals surface area contributed by atoms with Crippen LogP contribution in [0.4, 0.5) is 0 Å². The molecule has 3 nitrogen and oxygen atoms in total. The second-order valence-electron chi connectivity index (χ2n) is 5.30. The van der Waals surface area contributed by atoms with Crippen molar-refractivity contribution >= 4 is 0 Å². The largest absolute Gasteiger partial charge is 0.507 e. The molecule has 3 heteroatoms.